The summed E-state index contributed by atoms with van der Waals surface area (Å²) < 4.78 is 10.9. The van der Waals surface area contributed by atoms with Gasteiger partial charge in [0.15, 0.2) is 6.61 Å². The molecule has 8 nitrogen and oxygen atoms in total. The summed E-state index contributed by atoms with van der Waals surface area (Å²) >= 11 is 5.88. The zero-order chi connectivity index (χ0) is 20.2. The fourth-order valence-corrected chi connectivity index (χ4v) is 3.85. The molecule has 0 aliphatic carbocycles. The first-order valence-corrected chi connectivity index (χ1v) is 10.3. The predicted octanol–water partition coefficient (Wildman–Crippen LogP) is 3.36. The third kappa shape index (κ3) is 4.70. The molecule has 1 aromatic heterocycles. The molecule has 2 saturated heterocycles. The standard InChI is InChI=1S/C20H23ClN4O4/c21-16-7-5-14(6-8-16)18-23-22-17(29-18)13-28-19(26)15-4-3-11-25(12-15)20(27)24-9-1-2-10-24/h5-8,15H,1-4,9-13H2. The number of benzene rings is 1. The molecular formula is C20H23ClN4O4. The van der Waals surface area contributed by atoms with Crippen molar-refractivity contribution in [3.05, 3.63) is 35.2 Å². The maximum atomic E-state index is 12.6. The lowest BCUT2D eigenvalue weighted by molar-refractivity contribution is -0.152. The smallest absolute Gasteiger partial charge is 0.320 e. The van der Waals surface area contributed by atoms with Gasteiger partial charge in [-0.05, 0) is 49.9 Å². The number of ether oxygens (including phenoxy) is 1. The minimum absolute atomic E-state index is 0.0320. The van der Waals surface area contributed by atoms with Crippen LogP contribution in [0.3, 0.4) is 0 Å². The molecule has 0 saturated carbocycles. The first-order chi connectivity index (χ1) is 14.1. The van der Waals surface area contributed by atoms with Gasteiger partial charge < -0.3 is 19.0 Å². The summed E-state index contributed by atoms with van der Waals surface area (Å²) in [6.07, 6.45) is 3.60. The van der Waals surface area contributed by atoms with E-state index in [4.69, 9.17) is 20.8 Å². The summed E-state index contributed by atoms with van der Waals surface area (Å²) in [5.74, 6) is -0.0963. The average molecular weight is 419 g/mol. The number of urea groups is 1. The van der Waals surface area contributed by atoms with Gasteiger partial charge in [-0.3, -0.25) is 4.79 Å². The molecule has 2 amide bonds. The van der Waals surface area contributed by atoms with Crippen molar-refractivity contribution in [3.8, 4) is 11.5 Å². The molecule has 9 heteroatoms. The van der Waals surface area contributed by atoms with Gasteiger partial charge in [-0.25, -0.2) is 4.79 Å². The van der Waals surface area contributed by atoms with Crippen LogP contribution >= 0.6 is 11.6 Å². The second-order valence-corrected chi connectivity index (χ2v) is 7.81. The van der Waals surface area contributed by atoms with E-state index >= 15 is 0 Å². The number of likely N-dealkylation sites (tertiary alicyclic amines) is 2. The van der Waals surface area contributed by atoms with Crippen LogP contribution in [-0.4, -0.2) is 58.2 Å². The van der Waals surface area contributed by atoms with E-state index in [1.165, 1.54) is 0 Å². The number of rotatable bonds is 4. The Balaban J connectivity index is 1.30. The van der Waals surface area contributed by atoms with Crippen LogP contribution in [0.5, 0.6) is 0 Å². The van der Waals surface area contributed by atoms with Gasteiger partial charge in [0.1, 0.15) is 0 Å². The molecule has 2 aliphatic rings. The molecule has 0 bridgehead atoms. The summed E-state index contributed by atoms with van der Waals surface area (Å²) in [4.78, 5) is 28.7. The third-order valence-corrected chi connectivity index (χ3v) is 5.55. The van der Waals surface area contributed by atoms with E-state index in [9.17, 15) is 9.59 Å². The number of carbonyl (C=O) groups excluding carboxylic acids is 2. The van der Waals surface area contributed by atoms with Crippen LogP contribution in [0.25, 0.3) is 11.5 Å². The topological polar surface area (TPSA) is 88.8 Å². The minimum atomic E-state index is -0.338. The second-order valence-electron chi connectivity index (χ2n) is 7.38. The van der Waals surface area contributed by atoms with E-state index in [1.807, 2.05) is 4.90 Å². The van der Waals surface area contributed by atoms with Crippen molar-refractivity contribution in [2.24, 2.45) is 5.92 Å². The lowest BCUT2D eigenvalue weighted by Gasteiger charge is -2.34. The summed E-state index contributed by atoms with van der Waals surface area (Å²) in [6, 6.07) is 7.06. The molecule has 1 aromatic carbocycles. The van der Waals surface area contributed by atoms with Gasteiger partial charge in [-0.1, -0.05) is 11.6 Å². The first-order valence-electron chi connectivity index (χ1n) is 9.89. The first kappa shape index (κ1) is 19.7. The number of amides is 2. The Morgan fingerprint density at radius 2 is 1.79 bits per heavy atom. The lowest BCUT2D eigenvalue weighted by atomic mass is 9.98. The van der Waals surface area contributed by atoms with Gasteiger partial charge in [0.2, 0.25) is 5.89 Å². The number of hydrogen-bond acceptors (Lipinski definition) is 6. The molecule has 0 N–H and O–H groups in total. The van der Waals surface area contributed by atoms with Crippen molar-refractivity contribution < 1.29 is 18.7 Å². The zero-order valence-electron chi connectivity index (χ0n) is 16.1. The normalized spacial score (nSPS) is 19.4. The highest BCUT2D eigenvalue weighted by atomic mass is 35.5. The van der Waals surface area contributed by atoms with Crippen molar-refractivity contribution in [1.29, 1.82) is 0 Å². The molecule has 29 heavy (non-hydrogen) atoms. The molecule has 2 fully saturated rings. The Hall–Kier alpha value is -2.61. The van der Waals surface area contributed by atoms with E-state index in [0.29, 0.717) is 30.4 Å². The summed E-state index contributed by atoms with van der Waals surface area (Å²) in [6.45, 7) is 2.60. The molecule has 3 heterocycles. The van der Waals surface area contributed by atoms with E-state index in [-0.39, 0.29) is 30.4 Å². The summed E-state index contributed by atoms with van der Waals surface area (Å²) in [7, 11) is 0. The van der Waals surface area contributed by atoms with Crippen LogP contribution in [0.2, 0.25) is 5.02 Å². The Morgan fingerprint density at radius 1 is 1.07 bits per heavy atom. The lowest BCUT2D eigenvalue weighted by Crippen LogP contribution is -2.48. The Morgan fingerprint density at radius 3 is 2.55 bits per heavy atom. The predicted molar refractivity (Wildman–Crippen MR) is 105 cm³/mol. The number of hydrogen-bond donors (Lipinski definition) is 0. The SMILES string of the molecule is O=C(OCc1nnc(-c2ccc(Cl)cc2)o1)C1CCCN(C(=O)N2CCCC2)C1. The third-order valence-electron chi connectivity index (χ3n) is 5.30. The maximum Gasteiger partial charge on any atom is 0.320 e. The molecule has 1 atom stereocenters. The Kier molecular flexibility index (Phi) is 5.99. The average Bonchev–Trinajstić information content (AvgIpc) is 3.44. The molecular weight excluding hydrogens is 396 g/mol. The highest BCUT2D eigenvalue weighted by Crippen LogP contribution is 2.23. The van der Waals surface area contributed by atoms with Gasteiger partial charge in [0.25, 0.3) is 5.89 Å². The van der Waals surface area contributed by atoms with Crippen LogP contribution in [0.15, 0.2) is 28.7 Å². The van der Waals surface area contributed by atoms with E-state index in [0.717, 1.165) is 37.9 Å². The number of esters is 1. The van der Waals surface area contributed by atoms with Crippen molar-refractivity contribution in [2.75, 3.05) is 26.2 Å². The fourth-order valence-electron chi connectivity index (χ4n) is 3.72. The van der Waals surface area contributed by atoms with Crippen LogP contribution in [0.4, 0.5) is 4.79 Å². The van der Waals surface area contributed by atoms with Gasteiger partial charge in [-0.15, -0.1) is 10.2 Å². The van der Waals surface area contributed by atoms with Crippen LogP contribution < -0.4 is 0 Å². The number of carbonyl (C=O) groups is 2. The van der Waals surface area contributed by atoms with E-state index < -0.39 is 0 Å². The second kappa shape index (κ2) is 8.82. The van der Waals surface area contributed by atoms with Crippen LogP contribution in [-0.2, 0) is 16.1 Å². The molecule has 1 unspecified atom stereocenters. The van der Waals surface area contributed by atoms with E-state index in [1.54, 1.807) is 29.2 Å². The molecule has 2 aliphatic heterocycles. The molecule has 4 rings (SSSR count). The molecule has 0 spiro atoms. The summed E-state index contributed by atoms with van der Waals surface area (Å²) in [5.41, 5.74) is 0.739. The quantitative estimate of drug-likeness (QED) is 0.707. The Labute approximate surface area is 173 Å². The van der Waals surface area contributed by atoms with Crippen LogP contribution in [0, 0.1) is 5.92 Å². The summed E-state index contributed by atoms with van der Waals surface area (Å²) in [5, 5.41) is 8.52. The monoisotopic (exact) mass is 418 g/mol. The molecule has 2 aromatic rings. The number of nitrogens with zero attached hydrogens (tertiary/aromatic N) is 4. The minimum Gasteiger partial charge on any atom is -0.455 e. The van der Waals surface area contributed by atoms with Gasteiger partial charge in [0.05, 0.1) is 5.92 Å². The number of aromatic nitrogens is 2. The maximum absolute atomic E-state index is 12.6. The van der Waals surface area contributed by atoms with Crippen molar-refractivity contribution in [2.45, 2.75) is 32.3 Å². The largest absolute Gasteiger partial charge is 0.455 e. The van der Waals surface area contributed by atoms with Crippen LogP contribution in [0.1, 0.15) is 31.6 Å². The van der Waals surface area contributed by atoms with Crippen molar-refractivity contribution >= 4 is 23.6 Å². The van der Waals surface area contributed by atoms with Crippen molar-refractivity contribution in [3.63, 3.8) is 0 Å². The zero-order valence-corrected chi connectivity index (χ0v) is 16.8. The van der Waals surface area contributed by atoms with Crippen molar-refractivity contribution in [1.82, 2.24) is 20.0 Å². The number of halogens is 1. The fraction of sp³-hybridized carbons (Fsp3) is 0.500. The highest BCUT2D eigenvalue weighted by molar-refractivity contribution is 6.30. The number of piperidine rings is 1. The van der Waals surface area contributed by atoms with E-state index in [2.05, 4.69) is 10.2 Å². The van der Waals surface area contributed by atoms with Gasteiger partial charge >= 0.3 is 12.0 Å². The van der Waals surface area contributed by atoms with Gasteiger partial charge in [-0.2, -0.15) is 0 Å². The molecule has 0 radical (unpaired) electrons. The van der Waals surface area contributed by atoms with Gasteiger partial charge in [0, 0.05) is 36.8 Å². The molecule has 154 valence electrons. The Bertz CT molecular complexity index is 864. The highest BCUT2D eigenvalue weighted by Gasteiger charge is 2.32.